The third-order valence-electron chi connectivity index (χ3n) is 6.61. The van der Waals surface area contributed by atoms with E-state index in [1.54, 1.807) is 12.2 Å². The van der Waals surface area contributed by atoms with Crippen molar-refractivity contribution in [3.63, 3.8) is 0 Å². The Morgan fingerprint density at radius 1 is 1.23 bits per heavy atom. The molecule has 6 heteroatoms. The Kier molecular flexibility index (Phi) is 7.12. The smallest absolute Gasteiger partial charge is 0.245 e. The second-order valence-corrected chi connectivity index (χ2v) is 9.99. The van der Waals surface area contributed by atoms with Crippen molar-refractivity contribution in [3.8, 4) is 0 Å². The topological polar surface area (TPSA) is 76.0 Å². The number of hydroxylamine groups is 2. The molecule has 1 unspecified atom stereocenters. The van der Waals surface area contributed by atoms with Crippen LogP contribution in [0.15, 0.2) is 47.8 Å². The number of benzene rings is 1. The van der Waals surface area contributed by atoms with Crippen LogP contribution in [-0.4, -0.2) is 45.6 Å². The maximum Gasteiger partial charge on any atom is 0.245 e. The molecule has 0 spiro atoms. The summed E-state index contributed by atoms with van der Waals surface area (Å²) in [6.07, 6.45) is 5.84. The van der Waals surface area contributed by atoms with E-state index < -0.39 is 0 Å². The van der Waals surface area contributed by atoms with E-state index in [1.165, 1.54) is 11.1 Å². The molecule has 1 saturated heterocycles. The molecular weight excluding hydrogens is 390 g/mol. The Morgan fingerprint density at radius 2 is 1.90 bits per heavy atom. The molecule has 3 rings (SSSR count). The molecule has 1 aliphatic carbocycles. The van der Waals surface area contributed by atoms with Crippen molar-refractivity contribution in [1.82, 2.24) is 15.4 Å². The van der Waals surface area contributed by atoms with Crippen LogP contribution in [0.25, 0.3) is 0 Å². The normalized spacial score (nSPS) is 21.9. The predicted octanol–water partition coefficient (Wildman–Crippen LogP) is 4.59. The highest BCUT2D eigenvalue weighted by molar-refractivity contribution is 5.82. The third kappa shape index (κ3) is 5.49. The quantitative estimate of drug-likeness (QED) is 0.579. The van der Waals surface area contributed by atoms with E-state index in [4.69, 9.17) is 0 Å². The largest absolute Gasteiger partial charge is 0.377 e. The minimum Gasteiger partial charge on any atom is -0.377 e. The zero-order valence-electron chi connectivity index (χ0n) is 19.4. The molecule has 0 aromatic heterocycles. The van der Waals surface area contributed by atoms with E-state index in [-0.39, 0.29) is 28.5 Å². The molecule has 1 heterocycles. The molecule has 6 nitrogen and oxygen atoms in total. The van der Waals surface area contributed by atoms with Gasteiger partial charge in [0.25, 0.3) is 0 Å². The highest BCUT2D eigenvalue weighted by atomic mass is 16.8. The van der Waals surface area contributed by atoms with Crippen LogP contribution in [0.2, 0.25) is 0 Å². The Bertz CT molecular complexity index is 840. The number of allylic oxidation sites excluding steroid dienone is 3. The van der Waals surface area contributed by atoms with Crippen LogP contribution in [0.4, 0.5) is 0 Å². The van der Waals surface area contributed by atoms with Crippen LogP contribution in [0.5, 0.6) is 0 Å². The van der Waals surface area contributed by atoms with Crippen LogP contribution in [-0.2, 0) is 4.79 Å². The summed E-state index contributed by atoms with van der Waals surface area (Å²) in [6, 6.07) is 8.45. The van der Waals surface area contributed by atoms with E-state index in [2.05, 4.69) is 50.4 Å². The van der Waals surface area contributed by atoms with Crippen LogP contribution in [0.3, 0.4) is 0 Å². The lowest BCUT2D eigenvalue weighted by molar-refractivity contribution is -0.275. The molecule has 1 amide bonds. The van der Waals surface area contributed by atoms with Gasteiger partial charge in [-0.05, 0) is 55.1 Å². The van der Waals surface area contributed by atoms with E-state index in [1.807, 2.05) is 18.7 Å². The first-order valence-electron chi connectivity index (χ1n) is 11.3. The zero-order valence-corrected chi connectivity index (χ0v) is 19.4. The van der Waals surface area contributed by atoms with Gasteiger partial charge in [-0.1, -0.05) is 63.6 Å². The molecular formula is C25H37N3O3. The highest BCUT2D eigenvalue weighted by Gasteiger charge is 2.40. The monoisotopic (exact) mass is 427 g/mol. The van der Waals surface area contributed by atoms with Crippen molar-refractivity contribution in [2.75, 3.05) is 13.1 Å². The van der Waals surface area contributed by atoms with E-state index >= 15 is 0 Å². The van der Waals surface area contributed by atoms with Gasteiger partial charge in [-0.25, -0.2) is 0 Å². The molecule has 1 aliphatic heterocycles. The van der Waals surface area contributed by atoms with Gasteiger partial charge in [0, 0.05) is 18.8 Å². The molecule has 1 aromatic rings. The third-order valence-corrected chi connectivity index (χ3v) is 6.61. The first kappa shape index (κ1) is 23.4. The summed E-state index contributed by atoms with van der Waals surface area (Å²) >= 11 is 0. The van der Waals surface area contributed by atoms with E-state index in [0.29, 0.717) is 18.0 Å². The maximum absolute atomic E-state index is 13.5. The minimum atomic E-state index is -0.344. The summed E-state index contributed by atoms with van der Waals surface area (Å²) in [5, 5.41) is 22.2. The number of carbonyl (C=O) groups excluding carboxylic acids is 1. The second kappa shape index (κ2) is 9.45. The summed E-state index contributed by atoms with van der Waals surface area (Å²) in [5.41, 5.74) is 3.78. The first-order chi connectivity index (χ1) is 14.6. The Balaban J connectivity index is 1.72. The van der Waals surface area contributed by atoms with Gasteiger partial charge >= 0.3 is 0 Å². The summed E-state index contributed by atoms with van der Waals surface area (Å²) in [6.45, 7) is 12.2. The van der Waals surface area contributed by atoms with Crippen LogP contribution in [0, 0.1) is 18.3 Å². The zero-order chi connectivity index (χ0) is 22.8. The summed E-state index contributed by atoms with van der Waals surface area (Å²) in [7, 11) is 0. The molecule has 0 radical (unpaired) electrons. The number of piperidine rings is 1. The number of carbonyl (C=O) groups is 1. The summed E-state index contributed by atoms with van der Waals surface area (Å²) in [4.78, 5) is 15.5. The number of rotatable bonds is 6. The Labute approximate surface area is 186 Å². The van der Waals surface area contributed by atoms with Gasteiger partial charge in [-0.15, -0.1) is 5.23 Å². The number of nitrogens with one attached hydrogen (secondary N) is 1. The number of hydrogen-bond donors (Lipinski definition) is 3. The fourth-order valence-electron chi connectivity index (χ4n) is 4.81. The van der Waals surface area contributed by atoms with Crippen molar-refractivity contribution in [1.29, 1.82) is 0 Å². The van der Waals surface area contributed by atoms with Gasteiger partial charge in [0.1, 0.15) is 6.04 Å². The summed E-state index contributed by atoms with van der Waals surface area (Å²) in [5.74, 6) is 0.656. The molecule has 2 aliphatic rings. The molecule has 2 atom stereocenters. The van der Waals surface area contributed by atoms with Crippen LogP contribution in [0.1, 0.15) is 64.0 Å². The van der Waals surface area contributed by atoms with Crippen molar-refractivity contribution in [2.24, 2.45) is 11.3 Å². The Hall–Kier alpha value is -2.31. The van der Waals surface area contributed by atoms with E-state index in [9.17, 15) is 15.2 Å². The number of nitrogens with zero attached hydrogens (tertiary/aromatic N) is 2. The maximum atomic E-state index is 13.5. The Morgan fingerprint density at radius 3 is 2.48 bits per heavy atom. The minimum absolute atomic E-state index is 0.0149. The standard InChI is InChI=1S/C25H37N3O3/c1-17(2)23(26-20-7-6-8-21(15-20)28(30)31)24(29)27-14-13-22(25(4,5)16-27)19-11-9-18(3)10-12-19/h8-12,15,17,22-23,26,30-31H,6-7,13-14,16H2,1-5H3/t22?,23-/m1/s1. The fourth-order valence-corrected chi connectivity index (χ4v) is 4.81. The van der Waals surface area contributed by atoms with Gasteiger partial charge in [0.05, 0.1) is 5.70 Å². The first-order valence-corrected chi connectivity index (χ1v) is 11.3. The van der Waals surface area contributed by atoms with Gasteiger partial charge in [0.2, 0.25) is 5.91 Å². The molecule has 170 valence electrons. The van der Waals surface area contributed by atoms with Crippen molar-refractivity contribution < 1.29 is 15.2 Å². The molecule has 1 aromatic carbocycles. The fraction of sp³-hybridized carbons (Fsp3) is 0.560. The second-order valence-electron chi connectivity index (χ2n) is 9.99. The highest BCUT2D eigenvalue weighted by Crippen LogP contribution is 2.42. The van der Waals surface area contributed by atoms with Crippen molar-refractivity contribution in [2.45, 2.75) is 65.8 Å². The molecule has 0 saturated carbocycles. The molecule has 31 heavy (non-hydrogen) atoms. The summed E-state index contributed by atoms with van der Waals surface area (Å²) < 4.78 is 0. The van der Waals surface area contributed by atoms with E-state index in [0.717, 1.165) is 31.6 Å². The molecule has 0 bridgehead atoms. The number of aryl methyl sites for hydroxylation is 1. The lowest BCUT2D eigenvalue weighted by atomic mass is 9.70. The molecule has 1 fully saturated rings. The van der Waals surface area contributed by atoms with Crippen molar-refractivity contribution >= 4 is 5.91 Å². The number of amides is 1. The number of hydrogen-bond acceptors (Lipinski definition) is 5. The van der Waals surface area contributed by atoms with Crippen LogP contribution >= 0.6 is 0 Å². The lowest BCUT2D eigenvalue weighted by Crippen LogP contribution is -2.54. The SMILES string of the molecule is Cc1ccc(C2CCN(C(=O)[C@H](NC3=CC(N(O)O)=CCC3)C(C)C)CC2(C)C)cc1. The average molecular weight is 428 g/mol. The van der Waals surface area contributed by atoms with Gasteiger partial charge < -0.3 is 10.2 Å². The van der Waals surface area contributed by atoms with Gasteiger partial charge in [0.15, 0.2) is 0 Å². The number of likely N-dealkylation sites (tertiary alicyclic amines) is 1. The van der Waals surface area contributed by atoms with Crippen molar-refractivity contribution in [3.05, 3.63) is 58.9 Å². The molecule has 3 N–H and O–H groups in total. The average Bonchev–Trinajstić information content (AvgIpc) is 2.71. The van der Waals surface area contributed by atoms with Gasteiger partial charge in [-0.2, -0.15) is 0 Å². The predicted molar refractivity (Wildman–Crippen MR) is 121 cm³/mol. The lowest BCUT2D eigenvalue weighted by Gasteiger charge is -2.46. The van der Waals surface area contributed by atoms with Gasteiger partial charge in [-0.3, -0.25) is 15.2 Å². The van der Waals surface area contributed by atoms with Crippen LogP contribution < -0.4 is 5.32 Å².